The summed E-state index contributed by atoms with van der Waals surface area (Å²) in [6, 6.07) is 7.12. The first-order valence-electron chi connectivity index (χ1n) is 5.75. The normalized spacial score (nSPS) is 10.1. The van der Waals surface area contributed by atoms with E-state index in [0.717, 1.165) is 0 Å². The molecule has 102 valence electrons. The van der Waals surface area contributed by atoms with E-state index in [0.29, 0.717) is 5.56 Å². The molecule has 0 radical (unpaired) electrons. The van der Waals surface area contributed by atoms with Gasteiger partial charge in [-0.25, -0.2) is 14.2 Å². The van der Waals surface area contributed by atoms with Crippen LogP contribution in [-0.4, -0.2) is 22.0 Å². The van der Waals surface area contributed by atoms with Gasteiger partial charge >= 0.3 is 5.97 Å². The number of halogens is 1. The first-order chi connectivity index (χ1) is 9.49. The van der Waals surface area contributed by atoms with Crippen molar-refractivity contribution < 1.29 is 19.1 Å². The van der Waals surface area contributed by atoms with E-state index in [1.165, 1.54) is 24.4 Å². The van der Waals surface area contributed by atoms with Crippen LogP contribution in [0.3, 0.4) is 0 Å². The first kappa shape index (κ1) is 13.7. The number of carbonyl (C=O) groups excluding carboxylic acids is 1. The van der Waals surface area contributed by atoms with Gasteiger partial charge in [-0.15, -0.1) is 0 Å². The van der Waals surface area contributed by atoms with Crippen molar-refractivity contribution in [1.82, 2.24) is 4.98 Å². The lowest BCUT2D eigenvalue weighted by molar-refractivity contribution is 0.0690. The number of hydrogen-bond donors (Lipinski definition) is 2. The molecule has 6 heteroatoms. The third-order valence-electron chi connectivity index (χ3n) is 2.67. The van der Waals surface area contributed by atoms with Crippen molar-refractivity contribution in [1.29, 1.82) is 0 Å². The minimum absolute atomic E-state index is 0.0984. The number of benzene rings is 1. The van der Waals surface area contributed by atoms with E-state index >= 15 is 0 Å². The molecule has 0 aliphatic carbocycles. The minimum atomic E-state index is -1.21. The van der Waals surface area contributed by atoms with Crippen LogP contribution in [0.2, 0.25) is 0 Å². The van der Waals surface area contributed by atoms with Crippen LogP contribution in [0.4, 0.5) is 10.1 Å². The molecule has 2 rings (SSSR count). The van der Waals surface area contributed by atoms with E-state index in [2.05, 4.69) is 10.3 Å². The molecule has 0 unspecified atom stereocenters. The zero-order valence-electron chi connectivity index (χ0n) is 10.6. The molecular weight excluding hydrogens is 263 g/mol. The van der Waals surface area contributed by atoms with Crippen LogP contribution in [0.1, 0.15) is 26.4 Å². The zero-order chi connectivity index (χ0) is 14.7. The smallest absolute Gasteiger partial charge is 0.354 e. The number of nitrogens with zero attached hydrogens (tertiary/aromatic N) is 1. The van der Waals surface area contributed by atoms with Crippen LogP contribution in [0, 0.1) is 12.7 Å². The summed E-state index contributed by atoms with van der Waals surface area (Å²) in [6.45, 7) is 1.56. The molecule has 0 atom stereocenters. The molecule has 0 saturated carbocycles. The second-order valence-electron chi connectivity index (χ2n) is 4.13. The molecule has 0 spiro atoms. The first-order valence-corrected chi connectivity index (χ1v) is 5.75. The Balaban J connectivity index is 2.26. The van der Waals surface area contributed by atoms with Gasteiger partial charge in [0.05, 0.1) is 5.56 Å². The molecule has 0 bridgehead atoms. The Labute approximate surface area is 114 Å². The SMILES string of the molecule is Cc1cccc(C(=O)Nc2ccnc(C(=O)O)c2)c1F. The lowest BCUT2D eigenvalue weighted by atomic mass is 10.1. The molecule has 1 heterocycles. The topological polar surface area (TPSA) is 79.3 Å². The fourth-order valence-corrected chi connectivity index (χ4v) is 1.65. The Bertz CT molecular complexity index is 686. The lowest BCUT2D eigenvalue weighted by Crippen LogP contribution is -2.15. The molecule has 0 saturated heterocycles. The molecule has 0 aliphatic heterocycles. The van der Waals surface area contributed by atoms with Crippen LogP contribution in [0.15, 0.2) is 36.5 Å². The number of aromatic carboxylic acids is 1. The lowest BCUT2D eigenvalue weighted by Gasteiger charge is -2.07. The highest BCUT2D eigenvalue weighted by Gasteiger charge is 2.14. The zero-order valence-corrected chi connectivity index (χ0v) is 10.6. The highest BCUT2D eigenvalue weighted by molar-refractivity contribution is 6.05. The summed E-state index contributed by atoms with van der Waals surface area (Å²) < 4.78 is 13.8. The molecule has 2 N–H and O–H groups in total. The number of carbonyl (C=O) groups is 2. The monoisotopic (exact) mass is 274 g/mol. The average molecular weight is 274 g/mol. The Morgan fingerprint density at radius 2 is 2.05 bits per heavy atom. The van der Waals surface area contributed by atoms with Crippen molar-refractivity contribution >= 4 is 17.6 Å². The van der Waals surface area contributed by atoms with E-state index < -0.39 is 17.7 Å². The van der Waals surface area contributed by atoms with Crippen LogP contribution < -0.4 is 5.32 Å². The molecular formula is C14H11FN2O3. The van der Waals surface area contributed by atoms with Gasteiger partial charge in [0.15, 0.2) is 0 Å². The van der Waals surface area contributed by atoms with E-state index in [1.54, 1.807) is 19.1 Å². The van der Waals surface area contributed by atoms with Crippen molar-refractivity contribution in [3.63, 3.8) is 0 Å². The van der Waals surface area contributed by atoms with E-state index in [-0.39, 0.29) is 16.9 Å². The van der Waals surface area contributed by atoms with Gasteiger partial charge in [-0.3, -0.25) is 4.79 Å². The number of aryl methyl sites for hydroxylation is 1. The van der Waals surface area contributed by atoms with Gasteiger partial charge in [0.1, 0.15) is 11.5 Å². The molecule has 1 aromatic heterocycles. The molecule has 5 nitrogen and oxygen atoms in total. The van der Waals surface area contributed by atoms with Crippen LogP contribution in [0.25, 0.3) is 0 Å². The Morgan fingerprint density at radius 3 is 2.75 bits per heavy atom. The van der Waals surface area contributed by atoms with Gasteiger partial charge in [-0.2, -0.15) is 0 Å². The van der Waals surface area contributed by atoms with Crippen molar-refractivity contribution in [3.8, 4) is 0 Å². The number of anilines is 1. The number of carboxylic acids is 1. The van der Waals surface area contributed by atoms with Gasteiger partial charge < -0.3 is 10.4 Å². The van der Waals surface area contributed by atoms with Crippen molar-refractivity contribution in [2.75, 3.05) is 5.32 Å². The molecule has 0 aliphatic rings. The second-order valence-corrected chi connectivity index (χ2v) is 4.13. The summed E-state index contributed by atoms with van der Waals surface area (Å²) in [7, 11) is 0. The summed E-state index contributed by atoms with van der Waals surface area (Å²) in [5, 5.41) is 11.2. The Kier molecular flexibility index (Phi) is 3.74. The summed E-state index contributed by atoms with van der Waals surface area (Å²) in [5.74, 6) is -2.45. The number of pyridine rings is 1. The van der Waals surface area contributed by atoms with Crippen LogP contribution in [-0.2, 0) is 0 Å². The maximum Gasteiger partial charge on any atom is 0.354 e. The van der Waals surface area contributed by atoms with Crippen LogP contribution >= 0.6 is 0 Å². The molecule has 1 aromatic carbocycles. The fourth-order valence-electron chi connectivity index (χ4n) is 1.65. The summed E-state index contributed by atoms with van der Waals surface area (Å²) >= 11 is 0. The predicted molar refractivity (Wildman–Crippen MR) is 70.3 cm³/mol. The van der Waals surface area contributed by atoms with Gasteiger partial charge in [0, 0.05) is 11.9 Å². The van der Waals surface area contributed by atoms with Crippen molar-refractivity contribution in [2.45, 2.75) is 6.92 Å². The largest absolute Gasteiger partial charge is 0.477 e. The van der Waals surface area contributed by atoms with Gasteiger partial charge in [0.2, 0.25) is 0 Å². The minimum Gasteiger partial charge on any atom is -0.477 e. The van der Waals surface area contributed by atoms with Crippen molar-refractivity contribution in [3.05, 3.63) is 59.2 Å². The van der Waals surface area contributed by atoms with Gasteiger partial charge in [-0.05, 0) is 30.7 Å². The number of amides is 1. The van der Waals surface area contributed by atoms with E-state index in [4.69, 9.17) is 5.11 Å². The number of aromatic nitrogens is 1. The van der Waals surface area contributed by atoms with Crippen LogP contribution in [0.5, 0.6) is 0 Å². The Morgan fingerprint density at radius 1 is 1.30 bits per heavy atom. The fraction of sp³-hybridized carbons (Fsp3) is 0.0714. The summed E-state index contributed by atoms with van der Waals surface area (Å²) in [4.78, 5) is 26.3. The van der Waals surface area contributed by atoms with Gasteiger partial charge in [-0.1, -0.05) is 12.1 Å². The van der Waals surface area contributed by atoms with E-state index in [9.17, 15) is 14.0 Å². The maximum atomic E-state index is 13.8. The highest BCUT2D eigenvalue weighted by Crippen LogP contribution is 2.15. The molecule has 0 fully saturated rings. The highest BCUT2D eigenvalue weighted by atomic mass is 19.1. The standard InChI is InChI=1S/C14H11FN2O3/c1-8-3-2-4-10(12(8)15)13(18)17-9-5-6-16-11(7-9)14(19)20/h2-7H,1H3,(H,19,20)(H,16,17,18). The average Bonchev–Trinajstić information content (AvgIpc) is 2.42. The molecule has 20 heavy (non-hydrogen) atoms. The van der Waals surface area contributed by atoms with Gasteiger partial charge in [0.25, 0.3) is 5.91 Å². The predicted octanol–water partition coefficient (Wildman–Crippen LogP) is 2.48. The maximum absolute atomic E-state index is 13.8. The molecule has 2 aromatic rings. The quantitative estimate of drug-likeness (QED) is 0.901. The third kappa shape index (κ3) is 2.80. The summed E-state index contributed by atoms with van der Waals surface area (Å²) in [5.41, 5.74) is 0.299. The van der Waals surface area contributed by atoms with E-state index in [1.807, 2.05) is 0 Å². The number of carboxylic acid groups (broad SMARTS) is 1. The number of nitrogens with one attached hydrogen (secondary N) is 1. The number of hydrogen-bond acceptors (Lipinski definition) is 3. The Hall–Kier alpha value is -2.76. The third-order valence-corrected chi connectivity index (χ3v) is 2.67. The van der Waals surface area contributed by atoms with Crippen molar-refractivity contribution in [2.24, 2.45) is 0 Å². The number of rotatable bonds is 3. The summed E-state index contributed by atoms with van der Waals surface area (Å²) in [6.07, 6.45) is 1.26. The molecule has 1 amide bonds. The second kappa shape index (κ2) is 5.48.